The van der Waals surface area contributed by atoms with Gasteiger partial charge >= 0.3 is 0 Å². The molecule has 0 saturated heterocycles. The minimum absolute atomic E-state index is 0.0590. The third-order valence-corrected chi connectivity index (χ3v) is 4.33. The molecule has 2 heterocycles. The van der Waals surface area contributed by atoms with Crippen LogP contribution in [0.15, 0.2) is 61.9 Å². The number of benzene rings is 2. The highest BCUT2D eigenvalue weighted by atomic mass is 79.9. The van der Waals surface area contributed by atoms with Crippen LogP contribution in [-0.2, 0) is 6.61 Å². The molecule has 0 bridgehead atoms. The summed E-state index contributed by atoms with van der Waals surface area (Å²) in [6.45, 7) is 1.71. The van der Waals surface area contributed by atoms with Gasteiger partial charge < -0.3 is 13.7 Å². The molecule has 0 aliphatic heterocycles. The Morgan fingerprint density at radius 1 is 1.11 bits per heavy atom. The van der Waals surface area contributed by atoms with Gasteiger partial charge in [0.1, 0.15) is 17.0 Å². The topological polar surface area (TPSA) is 74.2 Å². The second-order valence-electron chi connectivity index (χ2n) is 5.69. The van der Waals surface area contributed by atoms with Crippen molar-refractivity contribution in [1.82, 2.24) is 15.4 Å². The Bertz CT molecular complexity index is 1080. The normalized spacial score (nSPS) is 10.9. The van der Waals surface area contributed by atoms with E-state index >= 15 is 0 Å². The van der Waals surface area contributed by atoms with Crippen molar-refractivity contribution in [1.29, 1.82) is 0 Å². The Hall–Kier alpha value is -3.00. The SMILES string of the molecule is Cc1onc(-c2ccccc2)c1-c1nnc(COc2ccc(Br)cc2F)o1. The number of hydrogen-bond acceptors (Lipinski definition) is 6. The van der Waals surface area contributed by atoms with Crippen molar-refractivity contribution in [2.75, 3.05) is 0 Å². The van der Waals surface area contributed by atoms with Crippen LogP contribution in [0.4, 0.5) is 4.39 Å². The Labute approximate surface area is 162 Å². The number of ether oxygens (including phenoxy) is 1. The van der Waals surface area contributed by atoms with Crippen LogP contribution in [0.5, 0.6) is 5.75 Å². The Morgan fingerprint density at radius 2 is 1.93 bits per heavy atom. The molecule has 0 spiro atoms. The fraction of sp³-hybridized carbons (Fsp3) is 0.105. The van der Waals surface area contributed by atoms with Crippen molar-refractivity contribution >= 4 is 15.9 Å². The summed E-state index contributed by atoms with van der Waals surface area (Å²) in [6, 6.07) is 14.1. The number of halogens is 2. The zero-order chi connectivity index (χ0) is 18.8. The van der Waals surface area contributed by atoms with E-state index in [0.717, 1.165) is 5.56 Å². The molecule has 4 aromatic rings. The highest BCUT2D eigenvalue weighted by Crippen LogP contribution is 2.33. The summed E-state index contributed by atoms with van der Waals surface area (Å²) >= 11 is 3.20. The highest BCUT2D eigenvalue weighted by Gasteiger charge is 2.22. The molecule has 27 heavy (non-hydrogen) atoms. The van der Waals surface area contributed by atoms with Crippen LogP contribution in [0, 0.1) is 12.7 Å². The van der Waals surface area contributed by atoms with E-state index < -0.39 is 5.82 Å². The molecule has 2 aromatic heterocycles. The van der Waals surface area contributed by atoms with E-state index in [-0.39, 0.29) is 24.1 Å². The number of aryl methyl sites for hydroxylation is 1. The van der Waals surface area contributed by atoms with E-state index in [4.69, 9.17) is 13.7 Å². The predicted molar refractivity (Wildman–Crippen MR) is 98.4 cm³/mol. The molecule has 0 N–H and O–H groups in total. The molecule has 0 radical (unpaired) electrons. The van der Waals surface area contributed by atoms with Gasteiger partial charge in [-0.1, -0.05) is 51.4 Å². The third-order valence-electron chi connectivity index (χ3n) is 3.84. The van der Waals surface area contributed by atoms with Crippen LogP contribution < -0.4 is 4.74 Å². The quantitative estimate of drug-likeness (QED) is 0.435. The van der Waals surface area contributed by atoms with Gasteiger partial charge in [0.05, 0.1) is 0 Å². The fourth-order valence-electron chi connectivity index (χ4n) is 2.56. The highest BCUT2D eigenvalue weighted by molar-refractivity contribution is 9.10. The van der Waals surface area contributed by atoms with E-state index in [1.807, 2.05) is 30.3 Å². The van der Waals surface area contributed by atoms with E-state index in [1.165, 1.54) is 12.1 Å². The van der Waals surface area contributed by atoms with Crippen LogP contribution in [0.3, 0.4) is 0 Å². The minimum Gasteiger partial charge on any atom is -0.481 e. The van der Waals surface area contributed by atoms with Crippen LogP contribution >= 0.6 is 15.9 Å². The molecule has 4 rings (SSSR count). The van der Waals surface area contributed by atoms with E-state index in [2.05, 4.69) is 31.3 Å². The maximum absolute atomic E-state index is 13.8. The summed E-state index contributed by atoms with van der Waals surface area (Å²) in [5, 5.41) is 12.1. The maximum Gasteiger partial charge on any atom is 0.254 e. The molecule has 0 atom stereocenters. The van der Waals surface area contributed by atoms with Crippen molar-refractivity contribution < 1.29 is 18.1 Å². The molecule has 136 valence electrons. The summed E-state index contributed by atoms with van der Waals surface area (Å²) in [4.78, 5) is 0. The lowest BCUT2D eigenvalue weighted by atomic mass is 10.1. The van der Waals surface area contributed by atoms with Gasteiger partial charge in [-0.2, -0.15) is 0 Å². The lowest BCUT2D eigenvalue weighted by Gasteiger charge is -2.04. The third kappa shape index (κ3) is 3.61. The van der Waals surface area contributed by atoms with Crippen molar-refractivity contribution in [3.8, 4) is 28.5 Å². The van der Waals surface area contributed by atoms with E-state index in [1.54, 1.807) is 13.0 Å². The first-order chi connectivity index (χ1) is 13.1. The zero-order valence-corrected chi connectivity index (χ0v) is 15.7. The lowest BCUT2D eigenvalue weighted by Crippen LogP contribution is -1.97. The van der Waals surface area contributed by atoms with Gasteiger partial charge in [0.15, 0.2) is 18.2 Å². The van der Waals surface area contributed by atoms with Crippen LogP contribution in [0.2, 0.25) is 0 Å². The summed E-state index contributed by atoms with van der Waals surface area (Å²) in [7, 11) is 0. The van der Waals surface area contributed by atoms with E-state index in [9.17, 15) is 4.39 Å². The second-order valence-corrected chi connectivity index (χ2v) is 6.61. The van der Waals surface area contributed by atoms with E-state index in [0.29, 0.717) is 21.5 Å². The maximum atomic E-state index is 13.8. The summed E-state index contributed by atoms with van der Waals surface area (Å²) in [6.07, 6.45) is 0. The largest absolute Gasteiger partial charge is 0.481 e. The van der Waals surface area contributed by atoms with Crippen molar-refractivity contribution in [2.24, 2.45) is 0 Å². The molecule has 0 amide bonds. The molecule has 0 aliphatic carbocycles. The van der Waals surface area contributed by atoms with Gasteiger partial charge in [-0.15, -0.1) is 10.2 Å². The first-order valence-corrected chi connectivity index (χ1v) is 8.83. The summed E-state index contributed by atoms with van der Waals surface area (Å²) in [5.41, 5.74) is 2.11. The van der Waals surface area contributed by atoms with Crippen molar-refractivity contribution in [2.45, 2.75) is 13.5 Å². The zero-order valence-electron chi connectivity index (χ0n) is 14.1. The van der Waals surface area contributed by atoms with Gasteiger partial charge in [0.2, 0.25) is 0 Å². The number of rotatable bonds is 5. The standard InChI is InChI=1S/C19H13BrFN3O3/c1-11-17(18(24-27-11)12-5-3-2-4-6-12)19-23-22-16(26-19)10-25-15-8-7-13(20)9-14(15)21/h2-9H,10H2,1H3. The summed E-state index contributed by atoms with van der Waals surface area (Å²) < 4.78 is 30.9. The van der Waals surface area contributed by atoms with Gasteiger partial charge in [-0.3, -0.25) is 0 Å². The number of aromatic nitrogens is 3. The minimum atomic E-state index is -0.481. The lowest BCUT2D eigenvalue weighted by molar-refractivity contribution is 0.253. The van der Waals surface area contributed by atoms with Crippen LogP contribution in [0.1, 0.15) is 11.7 Å². The first kappa shape index (κ1) is 17.4. The molecule has 8 heteroatoms. The monoisotopic (exact) mass is 429 g/mol. The van der Waals surface area contributed by atoms with Crippen LogP contribution in [-0.4, -0.2) is 15.4 Å². The molecular weight excluding hydrogens is 417 g/mol. The summed E-state index contributed by atoms with van der Waals surface area (Å²) in [5.74, 6) is 0.660. The average Bonchev–Trinajstić information content (AvgIpc) is 3.28. The first-order valence-electron chi connectivity index (χ1n) is 8.04. The molecule has 6 nitrogen and oxygen atoms in total. The molecule has 0 fully saturated rings. The van der Waals surface area contributed by atoms with Gasteiger partial charge in [-0.05, 0) is 25.1 Å². The Balaban J connectivity index is 1.58. The Morgan fingerprint density at radius 3 is 2.70 bits per heavy atom. The van der Waals surface area contributed by atoms with Crippen molar-refractivity contribution in [3.05, 3.63) is 70.5 Å². The van der Waals surface area contributed by atoms with Gasteiger partial charge in [-0.25, -0.2) is 4.39 Å². The molecule has 0 unspecified atom stereocenters. The smallest absolute Gasteiger partial charge is 0.254 e. The molecule has 0 aliphatic rings. The number of hydrogen-bond donors (Lipinski definition) is 0. The fourth-order valence-corrected chi connectivity index (χ4v) is 2.89. The van der Waals surface area contributed by atoms with Gasteiger partial charge in [0.25, 0.3) is 11.8 Å². The average molecular weight is 430 g/mol. The predicted octanol–water partition coefficient (Wildman–Crippen LogP) is 5.18. The molecule has 2 aromatic carbocycles. The molecule has 0 saturated carbocycles. The number of nitrogens with zero attached hydrogens (tertiary/aromatic N) is 3. The van der Waals surface area contributed by atoms with Crippen molar-refractivity contribution in [3.63, 3.8) is 0 Å². The molecular formula is C19H13BrFN3O3. The van der Waals surface area contributed by atoms with Crippen LogP contribution in [0.25, 0.3) is 22.7 Å². The Kier molecular flexibility index (Phi) is 4.72. The second kappa shape index (κ2) is 7.32. The van der Waals surface area contributed by atoms with Gasteiger partial charge in [0, 0.05) is 10.0 Å².